The van der Waals surface area contributed by atoms with Crippen LogP contribution in [0.3, 0.4) is 0 Å². The highest BCUT2D eigenvalue weighted by Gasteiger charge is 2.27. The fourth-order valence-electron chi connectivity index (χ4n) is 2.55. The number of piperazine rings is 1. The number of cyclic esters (lactones) is 1. The van der Waals surface area contributed by atoms with E-state index in [2.05, 4.69) is 17.6 Å². The number of nitrogens with two attached hydrogens (primary N) is 1. The lowest BCUT2D eigenvalue weighted by atomic mass is 9.96. The summed E-state index contributed by atoms with van der Waals surface area (Å²) in [7, 11) is 0. The minimum atomic E-state index is -0.272. The third kappa shape index (κ3) is 1.76. The molecule has 0 bridgehead atoms. The van der Waals surface area contributed by atoms with Crippen molar-refractivity contribution in [1.29, 1.82) is 0 Å². The van der Waals surface area contributed by atoms with Crippen LogP contribution in [-0.2, 0) is 11.3 Å². The van der Waals surface area contributed by atoms with Gasteiger partial charge >= 0.3 is 5.97 Å². The summed E-state index contributed by atoms with van der Waals surface area (Å²) < 4.78 is 5.01. The van der Waals surface area contributed by atoms with Crippen molar-refractivity contribution in [3.8, 4) is 0 Å². The number of hydrogen-bond acceptors (Lipinski definition) is 5. The minimum Gasteiger partial charge on any atom is -0.457 e. The Kier molecular flexibility index (Phi) is 2.72. The van der Waals surface area contributed by atoms with Gasteiger partial charge in [0.15, 0.2) is 0 Å². The van der Waals surface area contributed by atoms with E-state index in [1.165, 1.54) is 0 Å². The summed E-state index contributed by atoms with van der Waals surface area (Å²) in [5.74, 6) is -0.272. The summed E-state index contributed by atoms with van der Waals surface area (Å²) in [6.45, 7) is 4.20. The van der Waals surface area contributed by atoms with Crippen LogP contribution in [0.15, 0.2) is 12.1 Å². The SMILES string of the molecule is CC1CNC(c2ccc3c(c2N)COC3=O)CN1. The maximum absolute atomic E-state index is 11.4. The first-order chi connectivity index (χ1) is 8.66. The van der Waals surface area contributed by atoms with Gasteiger partial charge in [0, 0.05) is 36.4 Å². The molecule has 4 N–H and O–H groups in total. The average Bonchev–Trinajstić information content (AvgIpc) is 2.74. The highest BCUT2D eigenvalue weighted by molar-refractivity contribution is 5.95. The zero-order valence-electron chi connectivity index (χ0n) is 10.3. The topological polar surface area (TPSA) is 76.4 Å². The maximum atomic E-state index is 11.4. The van der Waals surface area contributed by atoms with Crippen LogP contribution in [-0.4, -0.2) is 25.1 Å². The van der Waals surface area contributed by atoms with Crippen LogP contribution in [0, 0.1) is 0 Å². The lowest BCUT2D eigenvalue weighted by Gasteiger charge is -2.30. The fraction of sp³-hybridized carbons (Fsp3) is 0.462. The molecule has 5 heteroatoms. The Morgan fingerprint density at radius 2 is 2.17 bits per heavy atom. The lowest BCUT2D eigenvalue weighted by molar-refractivity contribution is 0.0535. The van der Waals surface area contributed by atoms with Gasteiger partial charge in [-0.2, -0.15) is 0 Å². The van der Waals surface area contributed by atoms with E-state index in [-0.39, 0.29) is 12.0 Å². The Morgan fingerprint density at radius 1 is 1.33 bits per heavy atom. The van der Waals surface area contributed by atoms with Crippen LogP contribution in [0.1, 0.15) is 34.5 Å². The molecule has 2 atom stereocenters. The molecule has 3 rings (SSSR count). The van der Waals surface area contributed by atoms with Crippen LogP contribution >= 0.6 is 0 Å². The van der Waals surface area contributed by atoms with Gasteiger partial charge in [0.25, 0.3) is 0 Å². The number of carbonyl (C=O) groups is 1. The van der Waals surface area contributed by atoms with E-state index in [9.17, 15) is 4.79 Å². The van der Waals surface area contributed by atoms with Crippen LogP contribution in [0.4, 0.5) is 5.69 Å². The number of nitrogen functional groups attached to an aromatic ring is 1. The van der Waals surface area contributed by atoms with Gasteiger partial charge in [0.1, 0.15) is 6.61 Å². The van der Waals surface area contributed by atoms with E-state index < -0.39 is 0 Å². The Balaban J connectivity index is 1.92. The van der Waals surface area contributed by atoms with E-state index in [0.29, 0.717) is 23.9 Å². The molecule has 96 valence electrons. The maximum Gasteiger partial charge on any atom is 0.338 e. The van der Waals surface area contributed by atoms with Crippen LogP contribution in [0.2, 0.25) is 0 Å². The third-order valence-corrected chi connectivity index (χ3v) is 3.67. The Labute approximate surface area is 106 Å². The van der Waals surface area contributed by atoms with E-state index in [4.69, 9.17) is 10.5 Å². The number of benzene rings is 1. The molecule has 0 spiro atoms. The van der Waals surface area contributed by atoms with Crippen molar-refractivity contribution in [2.75, 3.05) is 18.8 Å². The molecule has 2 unspecified atom stereocenters. The van der Waals surface area contributed by atoms with Gasteiger partial charge in [0.2, 0.25) is 0 Å². The van der Waals surface area contributed by atoms with Crippen molar-refractivity contribution < 1.29 is 9.53 Å². The summed E-state index contributed by atoms with van der Waals surface area (Å²) >= 11 is 0. The molecular formula is C13H17N3O2. The molecule has 0 aromatic heterocycles. The molecule has 1 aromatic rings. The van der Waals surface area contributed by atoms with Crippen molar-refractivity contribution in [1.82, 2.24) is 10.6 Å². The first kappa shape index (κ1) is 11.5. The molecule has 18 heavy (non-hydrogen) atoms. The number of fused-ring (bicyclic) bond motifs is 1. The minimum absolute atomic E-state index is 0.196. The number of ether oxygens (including phenoxy) is 1. The summed E-state index contributed by atoms with van der Waals surface area (Å²) in [6.07, 6.45) is 0. The van der Waals surface area contributed by atoms with Gasteiger partial charge in [-0.15, -0.1) is 0 Å². The zero-order chi connectivity index (χ0) is 12.7. The molecule has 0 aliphatic carbocycles. The fourth-order valence-corrected chi connectivity index (χ4v) is 2.55. The molecule has 0 radical (unpaired) electrons. The summed E-state index contributed by atoms with van der Waals surface area (Å²) in [5.41, 5.74) is 9.33. The van der Waals surface area contributed by atoms with E-state index in [1.807, 2.05) is 12.1 Å². The summed E-state index contributed by atoms with van der Waals surface area (Å²) in [5, 5.41) is 6.88. The molecule has 5 nitrogen and oxygen atoms in total. The van der Waals surface area contributed by atoms with Crippen LogP contribution in [0.5, 0.6) is 0 Å². The number of hydrogen-bond donors (Lipinski definition) is 3. The summed E-state index contributed by atoms with van der Waals surface area (Å²) in [6, 6.07) is 4.41. The molecule has 2 heterocycles. The zero-order valence-corrected chi connectivity index (χ0v) is 10.3. The molecule has 1 fully saturated rings. The van der Waals surface area contributed by atoms with Gasteiger partial charge in [-0.1, -0.05) is 6.07 Å². The van der Waals surface area contributed by atoms with Gasteiger partial charge in [-0.25, -0.2) is 4.79 Å². The second-order valence-electron chi connectivity index (χ2n) is 4.94. The molecule has 0 amide bonds. The number of carbonyl (C=O) groups excluding carboxylic acids is 1. The Hall–Kier alpha value is -1.59. The molecule has 2 aliphatic heterocycles. The molecule has 1 saturated heterocycles. The van der Waals surface area contributed by atoms with Crippen molar-refractivity contribution in [3.05, 3.63) is 28.8 Å². The lowest BCUT2D eigenvalue weighted by Crippen LogP contribution is -2.48. The second-order valence-corrected chi connectivity index (χ2v) is 4.94. The number of rotatable bonds is 1. The third-order valence-electron chi connectivity index (χ3n) is 3.67. The monoisotopic (exact) mass is 247 g/mol. The smallest absolute Gasteiger partial charge is 0.338 e. The van der Waals surface area contributed by atoms with Crippen molar-refractivity contribution in [3.63, 3.8) is 0 Å². The largest absolute Gasteiger partial charge is 0.457 e. The Bertz CT molecular complexity index is 493. The highest BCUT2D eigenvalue weighted by Crippen LogP contribution is 2.31. The number of esters is 1. The second kappa shape index (κ2) is 4.26. The summed E-state index contributed by atoms with van der Waals surface area (Å²) in [4.78, 5) is 11.4. The van der Waals surface area contributed by atoms with Gasteiger partial charge in [0.05, 0.1) is 5.56 Å². The van der Waals surface area contributed by atoms with Crippen LogP contribution in [0.25, 0.3) is 0 Å². The van der Waals surface area contributed by atoms with Gasteiger partial charge in [-0.05, 0) is 18.6 Å². The quantitative estimate of drug-likeness (QED) is 0.499. The van der Waals surface area contributed by atoms with Crippen molar-refractivity contribution >= 4 is 11.7 Å². The van der Waals surface area contributed by atoms with Gasteiger partial charge < -0.3 is 21.1 Å². The molecular weight excluding hydrogens is 230 g/mol. The van der Waals surface area contributed by atoms with E-state index in [0.717, 1.165) is 24.2 Å². The Morgan fingerprint density at radius 3 is 2.89 bits per heavy atom. The van der Waals surface area contributed by atoms with E-state index in [1.54, 1.807) is 0 Å². The molecule has 2 aliphatic rings. The first-order valence-electron chi connectivity index (χ1n) is 6.22. The first-order valence-corrected chi connectivity index (χ1v) is 6.22. The molecule has 1 aromatic carbocycles. The predicted octanol–water partition coefficient (Wildman–Crippen LogP) is 0.562. The molecule has 0 saturated carbocycles. The van der Waals surface area contributed by atoms with Crippen molar-refractivity contribution in [2.45, 2.75) is 25.6 Å². The number of nitrogens with one attached hydrogen (secondary N) is 2. The van der Waals surface area contributed by atoms with Crippen molar-refractivity contribution in [2.24, 2.45) is 0 Å². The van der Waals surface area contributed by atoms with Gasteiger partial charge in [-0.3, -0.25) is 0 Å². The van der Waals surface area contributed by atoms with Crippen LogP contribution < -0.4 is 16.4 Å². The predicted molar refractivity (Wildman–Crippen MR) is 68.2 cm³/mol. The normalized spacial score (nSPS) is 26.8. The highest BCUT2D eigenvalue weighted by atomic mass is 16.5. The standard InChI is InChI=1S/C13H17N3O2/c1-7-4-16-11(5-15-7)9-3-2-8-10(12(9)14)6-18-13(8)17/h2-3,7,11,15-16H,4-6,14H2,1H3. The number of anilines is 1. The average molecular weight is 247 g/mol. The van der Waals surface area contributed by atoms with E-state index >= 15 is 0 Å².